The predicted octanol–water partition coefficient (Wildman–Crippen LogP) is 6.13. The molecule has 1 aromatic heterocycles. The Bertz CT molecular complexity index is 1220. The van der Waals surface area contributed by atoms with Crippen molar-refractivity contribution in [2.24, 2.45) is 0 Å². The minimum atomic E-state index is -0.0615. The highest BCUT2D eigenvalue weighted by Gasteiger charge is 2.15. The lowest BCUT2D eigenvalue weighted by atomic mass is 10.1. The van der Waals surface area contributed by atoms with Crippen molar-refractivity contribution >= 4 is 28.1 Å². The maximum absolute atomic E-state index is 12.9. The van der Waals surface area contributed by atoms with E-state index in [1.807, 2.05) is 66.7 Å². The topological polar surface area (TPSA) is 54.1 Å². The summed E-state index contributed by atoms with van der Waals surface area (Å²) in [5.74, 6) is 0.659. The van der Waals surface area contributed by atoms with Gasteiger partial charge >= 0.3 is 0 Å². The Labute approximate surface area is 176 Å². The zero-order valence-electron chi connectivity index (χ0n) is 17.3. The van der Waals surface area contributed by atoms with E-state index < -0.39 is 0 Å². The number of benzene rings is 3. The number of fused-ring (bicyclic) bond motifs is 1. The van der Waals surface area contributed by atoms with Crippen molar-refractivity contribution in [3.05, 3.63) is 101 Å². The van der Waals surface area contributed by atoms with E-state index in [-0.39, 0.29) is 5.78 Å². The lowest BCUT2D eigenvalue weighted by molar-refractivity contribution is 0.104. The lowest BCUT2D eigenvalue weighted by Crippen LogP contribution is -2.05. The van der Waals surface area contributed by atoms with Crippen LogP contribution in [0.25, 0.3) is 16.6 Å². The summed E-state index contributed by atoms with van der Waals surface area (Å²) in [4.78, 5) is 16.3. The highest BCUT2D eigenvalue weighted by molar-refractivity contribution is 6.10. The average molecular weight is 396 g/mol. The van der Waals surface area contributed by atoms with Crippen molar-refractivity contribution in [2.45, 2.75) is 13.8 Å². The molecule has 30 heavy (non-hydrogen) atoms. The second-order valence-electron chi connectivity index (χ2n) is 7.22. The van der Waals surface area contributed by atoms with Gasteiger partial charge in [0.15, 0.2) is 11.5 Å². The number of carbonyl (C=O) groups is 1. The molecule has 0 unspecified atom stereocenters. The third-order valence-electron chi connectivity index (χ3n) is 5.33. The molecule has 0 aliphatic heterocycles. The van der Waals surface area contributed by atoms with Gasteiger partial charge in [-0.1, -0.05) is 66.7 Å². The first-order valence-corrected chi connectivity index (χ1v) is 9.88. The molecule has 0 radical (unpaired) electrons. The number of ketones is 1. The van der Waals surface area contributed by atoms with Gasteiger partial charge in [-0.2, -0.15) is 0 Å². The number of methoxy groups -OCH3 is 1. The monoisotopic (exact) mass is 396 g/mol. The second kappa shape index (κ2) is 8.29. The van der Waals surface area contributed by atoms with Crippen molar-refractivity contribution in [1.82, 2.24) is 4.98 Å². The summed E-state index contributed by atoms with van der Waals surface area (Å²) in [6, 6.07) is 23.1. The van der Waals surface area contributed by atoms with Crippen LogP contribution < -0.4 is 10.1 Å². The van der Waals surface area contributed by atoms with E-state index >= 15 is 0 Å². The van der Waals surface area contributed by atoms with E-state index in [9.17, 15) is 4.79 Å². The van der Waals surface area contributed by atoms with Crippen LogP contribution in [0.5, 0.6) is 5.75 Å². The van der Waals surface area contributed by atoms with Gasteiger partial charge in [-0.25, -0.2) is 0 Å². The van der Waals surface area contributed by atoms with Crippen LogP contribution in [0.1, 0.15) is 27.2 Å². The minimum absolute atomic E-state index is 0.0615. The number of allylic oxidation sites excluding steroid dienone is 1. The number of carbonyl (C=O) groups excluding carboxylic acids is 1. The number of aromatic amines is 1. The quantitative estimate of drug-likeness (QED) is 0.304. The SMILES string of the molecule is COc1c(NC(=CC(=O)c2ccccc2)c2ccccc2)ccc2c(C)c(C)[nH]c12. The Hall–Kier alpha value is -3.79. The zero-order valence-corrected chi connectivity index (χ0v) is 17.3. The fourth-order valence-corrected chi connectivity index (χ4v) is 3.58. The van der Waals surface area contributed by atoms with E-state index in [2.05, 4.69) is 30.2 Å². The molecular formula is C26H24N2O2. The van der Waals surface area contributed by atoms with Gasteiger partial charge in [0.1, 0.15) is 0 Å². The van der Waals surface area contributed by atoms with Crippen LogP contribution in [0, 0.1) is 13.8 Å². The summed E-state index contributed by atoms with van der Waals surface area (Å²) in [5, 5.41) is 4.56. The maximum Gasteiger partial charge on any atom is 0.187 e. The van der Waals surface area contributed by atoms with Crippen LogP contribution in [0.4, 0.5) is 5.69 Å². The van der Waals surface area contributed by atoms with Gasteiger partial charge in [0.2, 0.25) is 0 Å². The van der Waals surface area contributed by atoms with Gasteiger partial charge in [0.05, 0.1) is 18.3 Å². The molecule has 0 fully saturated rings. The second-order valence-corrected chi connectivity index (χ2v) is 7.22. The standard InChI is InChI=1S/C26H24N2O2/c1-17-18(2)27-25-21(17)14-15-22(26(25)30-3)28-23(19-10-6-4-7-11-19)16-24(29)20-12-8-5-9-13-20/h4-16,27-28H,1-3H3. The molecule has 3 aromatic carbocycles. The number of rotatable bonds is 6. The predicted molar refractivity (Wildman–Crippen MR) is 123 cm³/mol. The van der Waals surface area contributed by atoms with Crippen LogP contribution in [-0.4, -0.2) is 17.9 Å². The smallest absolute Gasteiger partial charge is 0.187 e. The Morgan fingerprint density at radius 3 is 2.17 bits per heavy atom. The Balaban J connectivity index is 1.79. The van der Waals surface area contributed by atoms with E-state index in [0.29, 0.717) is 11.3 Å². The van der Waals surface area contributed by atoms with Gasteiger partial charge in [-0.05, 0) is 31.0 Å². The number of anilines is 1. The molecule has 0 aliphatic carbocycles. The normalized spacial score (nSPS) is 11.5. The zero-order chi connectivity index (χ0) is 21.1. The third kappa shape index (κ3) is 3.72. The largest absolute Gasteiger partial charge is 0.492 e. The van der Waals surface area contributed by atoms with Crippen LogP contribution in [-0.2, 0) is 0 Å². The van der Waals surface area contributed by atoms with Crippen molar-refractivity contribution < 1.29 is 9.53 Å². The molecular weight excluding hydrogens is 372 g/mol. The van der Waals surface area contributed by atoms with Gasteiger partial charge in [-0.15, -0.1) is 0 Å². The summed E-state index contributed by atoms with van der Waals surface area (Å²) in [5.41, 5.74) is 6.32. The number of aromatic nitrogens is 1. The molecule has 1 heterocycles. The first-order valence-electron chi connectivity index (χ1n) is 9.88. The molecule has 0 spiro atoms. The van der Waals surface area contributed by atoms with E-state index in [1.165, 1.54) is 5.56 Å². The van der Waals surface area contributed by atoms with Gasteiger partial charge in [-0.3, -0.25) is 4.79 Å². The number of aryl methyl sites for hydroxylation is 2. The maximum atomic E-state index is 12.9. The first kappa shape index (κ1) is 19.5. The van der Waals surface area contributed by atoms with Gasteiger partial charge in [0.25, 0.3) is 0 Å². The first-order chi connectivity index (χ1) is 14.6. The number of hydrogen-bond donors (Lipinski definition) is 2. The fraction of sp³-hybridized carbons (Fsp3) is 0.115. The lowest BCUT2D eigenvalue weighted by Gasteiger charge is -2.15. The molecule has 0 saturated heterocycles. The van der Waals surface area contributed by atoms with E-state index in [0.717, 1.165) is 33.6 Å². The highest BCUT2D eigenvalue weighted by atomic mass is 16.5. The van der Waals surface area contributed by atoms with E-state index in [1.54, 1.807) is 13.2 Å². The van der Waals surface area contributed by atoms with Crippen molar-refractivity contribution in [1.29, 1.82) is 0 Å². The molecule has 4 aromatic rings. The van der Waals surface area contributed by atoms with Gasteiger partial charge < -0.3 is 15.0 Å². The summed E-state index contributed by atoms with van der Waals surface area (Å²) < 4.78 is 5.75. The number of hydrogen-bond acceptors (Lipinski definition) is 3. The fourth-order valence-electron chi connectivity index (χ4n) is 3.58. The Morgan fingerprint density at radius 2 is 1.53 bits per heavy atom. The van der Waals surface area contributed by atoms with Crippen molar-refractivity contribution in [3.8, 4) is 5.75 Å². The summed E-state index contributed by atoms with van der Waals surface area (Å²) in [6.45, 7) is 4.14. The average Bonchev–Trinajstić information content (AvgIpc) is 3.08. The van der Waals surface area contributed by atoms with E-state index in [4.69, 9.17) is 4.74 Å². The molecule has 0 saturated carbocycles. The molecule has 2 N–H and O–H groups in total. The molecule has 0 aliphatic rings. The number of ether oxygens (including phenoxy) is 1. The Kier molecular flexibility index (Phi) is 5.40. The number of H-pyrrole nitrogens is 1. The molecule has 0 amide bonds. The van der Waals surface area contributed by atoms with Crippen LogP contribution in [0.15, 0.2) is 78.9 Å². The van der Waals surface area contributed by atoms with Crippen molar-refractivity contribution in [3.63, 3.8) is 0 Å². The molecule has 4 nitrogen and oxygen atoms in total. The molecule has 0 bridgehead atoms. The summed E-state index contributed by atoms with van der Waals surface area (Å²) in [7, 11) is 1.66. The molecule has 0 atom stereocenters. The summed E-state index contributed by atoms with van der Waals surface area (Å²) >= 11 is 0. The van der Waals surface area contributed by atoms with Crippen LogP contribution >= 0.6 is 0 Å². The number of nitrogens with one attached hydrogen (secondary N) is 2. The minimum Gasteiger partial charge on any atom is -0.492 e. The third-order valence-corrected chi connectivity index (χ3v) is 5.33. The summed E-state index contributed by atoms with van der Waals surface area (Å²) in [6.07, 6.45) is 1.64. The molecule has 4 heteroatoms. The van der Waals surface area contributed by atoms with Crippen molar-refractivity contribution in [2.75, 3.05) is 12.4 Å². The molecule has 4 rings (SSSR count). The molecule has 150 valence electrons. The van der Waals surface area contributed by atoms with Crippen LogP contribution in [0.2, 0.25) is 0 Å². The Morgan fingerprint density at radius 1 is 0.900 bits per heavy atom. The van der Waals surface area contributed by atoms with Crippen LogP contribution in [0.3, 0.4) is 0 Å². The van der Waals surface area contributed by atoms with Gasteiger partial charge in [0, 0.05) is 28.4 Å². The highest BCUT2D eigenvalue weighted by Crippen LogP contribution is 2.37.